The summed E-state index contributed by atoms with van der Waals surface area (Å²) >= 11 is 0. The van der Waals surface area contributed by atoms with Crippen molar-refractivity contribution in [3.63, 3.8) is 0 Å². The number of nitro groups is 2. The Bertz CT molecular complexity index is 1590. The molecule has 0 radical (unpaired) electrons. The van der Waals surface area contributed by atoms with Crippen LogP contribution in [0.25, 0.3) is 6.08 Å². The molecule has 0 aliphatic rings. The molecular formula is C33H31F5N2O9. The van der Waals surface area contributed by atoms with Gasteiger partial charge in [0.15, 0.2) is 0 Å². The Kier molecular flexibility index (Phi) is 13.7. The van der Waals surface area contributed by atoms with Gasteiger partial charge in [-0.2, -0.15) is 22.0 Å². The number of unbranched alkanes of at least 4 members (excludes halogenated alkanes) is 3. The zero-order valence-electron chi connectivity index (χ0n) is 25.8. The van der Waals surface area contributed by atoms with Gasteiger partial charge in [-0.15, -0.1) is 0 Å². The molecule has 49 heavy (non-hydrogen) atoms. The number of hydrogen-bond acceptors (Lipinski definition) is 9. The standard InChI is InChI=1S/C33H31F5N2O9/c34-32(35,36)17-5-6-23-9-14-29(15-10-23)49-33(37,38)26-12-7-24(8-13-26)11-16-30(41)47-18-3-1-2-4-19-48-31(42)25-20-27(39(43)44)22-28(21-25)40(45)46/h7-16,20-22H,1-6,17-19H2/b16-11+. The fraction of sp³-hybridized carbons (Fsp3) is 0.333. The van der Waals surface area contributed by atoms with Crippen molar-refractivity contribution < 1.29 is 55.6 Å². The van der Waals surface area contributed by atoms with Crippen LogP contribution in [0.15, 0.2) is 72.8 Å². The highest BCUT2D eigenvalue weighted by molar-refractivity contribution is 5.91. The molecule has 0 aliphatic heterocycles. The van der Waals surface area contributed by atoms with Crippen molar-refractivity contribution in [1.29, 1.82) is 0 Å². The molecule has 0 heterocycles. The predicted molar refractivity (Wildman–Crippen MR) is 165 cm³/mol. The van der Waals surface area contributed by atoms with Crippen molar-refractivity contribution in [2.24, 2.45) is 0 Å². The number of hydrogen-bond donors (Lipinski definition) is 0. The third-order valence-electron chi connectivity index (χ3n) is 6.83. The van der Waals surface area contributed by atoms with Crippen LogP contribution in [0.2, 0.25) is 0 Å². The normalized spacial score (nSPS) is 11.7. The number of ether oxygens (including phenoxy) is 3. The first kappa shape index (κ1) is 38.0. The largest absolute Gasteiger partial charge is 0.463 e. The number of carbonyl (C=O) groups excluding carboxylic acids is 2. The molecule has 0 N–H and O–H groups in total. The van der Waals surface area contributed by atoms with Gasteiger partial charge in [-0.05, 0) is 80.0 Å². The number of rotatable bonds is 18. The third kappa shape index (κ3) is 13.3. The van der Waals surface area contributed by atoms with Crippen LogP contribution < -0.4 is 4.74 Å². The van der Waals surface area contributed by atoms with Crippen LogP contribution in [-0.2, 0) is 26.8 Å². The molecule has 0 bridgehead atoms. The number of benzene rings is 3. The lowest BCUT2D eigenvalue weighted by Crippen LogP contribution is -2.21. The topological polar surface area (TPSA) is 148 Å². The second kappa shape index (κ2) is 17.7. The summed E-state index contributed by atoms with van der Waals surface area (Å²) in [6, 6.07) is 12.9. The lowest BCUT2D eigenvalue weighted by Gasteiger charge is -2.18. The van der Waals surface area contributed by atoms with E-state index in [1.54, 1.807) is 0 Å². The highest BCUT2D eigenvalue weighted by Gasteiger charge is 2.34. The molecule has 0 saturated heterocycles. The number of carbonyl (C=O) groups is 2. The van der Waals surface area contributed by atoms with E-state index in [1.807, 2.05) is 0 Å². The molecule has 11 nitrogen and oxygen atoms in total. The number of alkyl halides is 5. The van der Waals surface area contributed by atoms with Crippen LogP contribution in [0.5, 0.6) is 5.75 Å². The van der Waals surface area contributed by atoms with E-state index >= 15 is 0 Å². The van der Waals surface area contributed by atoms with Crippen molar-refractivity contribution in [3.05, 3.63) is 115 Å². The van der Waals surface area contributed by atoms with Gasteiger partial charge in [-0.25, -0.2) is 9.59 Å². The smallest absolute Gasteiger partial charge is 0.426 e. The maximum Gasteiger partial charge on any atom is 0.426 e. The van der Waals surface area contributed by atoms with Crippen LogP contribution in [0.3, 0.4) is 0 Å². The molecule has 0 aromatic heterocycles. The van der Waals surface area contributed by atoms with Gasteiger partial charge >= 0.3 is 24.2 Å². The van der Waals surface area contributed by atoms with Gasteiger partial charge in [0.25, 0.3) is 11.4 Å². The van der Waals surface area contributed by atoms with E-state index in [0.29, 0.717) is 36.8 Å². The van der Waals surface area contributed by atoms with Gasteiger partial charge in [0.2, 0.25) is 0 Å². The summed E-state index contributed by atoms with van der Waals surface area (Å²) in [6.45, 7) is 0.0656. The van der Waals surface area contributed by atoms with E-state index in [4.69, 9.17) is 14.2 Å². The number of aryl methyl sites for hydroxylation is 1. The lowest BCUT2D eigenvalue weighted by atomic mass is 10.1. The maximum atomic E-state index is 14.7. The Hall–Kier alpha value is -5.41. The predicted octanol–water partition coefficient (Wildman–Crippen LogP) is 8.49. The summed E-state index contributed by atoms with van der Waals surface area (Å²) in [4.78, 5) is 44.4. The fourth-order valence-corrected chi connectivity index (χ4v) is 4.33. The van der Waals surface area contributed by atoms with Crippen LogP contribution in [0.1, 0.15) is 65.6 Å². The first-order valence-electron chi connectivity index (χ1n) is 14.9. The SMILES string of the molecule is O=C(/C=C/c1ccc(C(F)(F)Oc2ccc(CCCC(F)(F)F)cc2)cc1)OCCCCCCOC(=O)c1cc([N+](=O)[O-])cc([N+](=O)[O-])c1. The Morgan fingerprint density at radius 3 is 1.86 bits per heavy atom. The van der Waals surface area contributed by atoms with Crippen molar-refractivity contribution in [1.82, 2.24) is 0 Å². The molecule has 0 amide bonds. The summed E-state index contributed by atoms with van der Waals surface area (Å²) in [6.07, 6.45) is -4.21. The molecule has 3 rings (SSSR count). The fourth-order valence-electron chi connectivity index (χ4n) is 4.33. The van der Waals surface area contributed by atoms with Gasteiger partial charge in [-0.3, -0.25) is 20.2 Å². The second-order valence-corrected chi connectivity index (χ2v) is 10.7. The number of halogens is 5. The van der Waals surface area contributed by atoms with E-state index in [9.17, 15) is 51.8 Å². The summed E-state index contributed by atoms with van der Waals surface area (Å²) in [5, 5.41) is 21.9. The van der Waals surface area contributed by atoms with Gasteiger partial charge in [0.05, 0.1) is 40.3 Å². The molecule has 0 unspecified atom stereocenters. The quantitative estimate of drug-likeness (QED) is 0.0319. The summed E-state index contributed by atoms with van der Waals surface area (Å²) in [5.74, 6) is -1.75. The van der Waals surface area contributed by atoms with Crippen molar-refractivity contribution in [2.45, 2.75) is 57.2 Å². The number of non-ortho nitro benzene ring substituents is 2. The minimum atomic E-state index is -4.26. The zero-order valence-corrected chi connectivity index (χ0v) is 25.8. The van der Waals surface area contributed by atoms with Crippen LogP contribution in [0, 0.1) is 20.2 Å². The molecule has 0 atom stereocenters. The molecule has 0 saturated carbocycles. The Morgan fingerprint density at radius 1 is 0.735 bits per heavy atom. The number of esters is 2. The average Bonchev–Trinajstić information content (AvgIpc) is 3.05. The average molecular weight is 695 g/mol. The Morgan fingerprint density at radius 2 is 1.31 bits per heavy atom. The molecule has 0 aliphatic carbocycles. The number of nitrogens with zero attached hydrogens (tertiary/aromatic N) is 2. The van der Waals surface area contributed by atoms with E-state index in [1.165, 1.54) is 42.5 Å². The van der Waals surface area contributed by atoms with Gasteiger partial charge in [0.1, 0.15) is 5.75 Å². The van der Waals surface area contributed by atoms with Crippen LogP contribution in [-0.4, -0.2) is 41.2 Å². The highest BCUT2D eigenvalue weighted by Crippen LogP contribution is 2.32. The van der Waals surface area contributed by atoms with E-state index in [2.05, 4.69) is 0 Å². The first-order chi connectivity index (χ1) is 23.1. The molecule has 0 fully saturated rings. The van der Waals surface area contributed by atoms with E-state index < -0.39 is 57.4 Å². The second-order valence-electron chi connectivity index (χ2n) is 10.7. The van der Waals surface area contributed by atoms with E-state index in [-0.39, 0.29) is 37.4 Å². The third-order valence-corrected chi connectivity index (χ3v) is 6.83. The van der Waals surface area contributed by atoms with Gasteiger partial charge < -0.3 is 14.2 Å². The molecular weight excluding hydrogens is 663 g/mol. The molecule has 3 aromatic carbocycles. The molecule has 16 heteroatoms. The summed E-state index contributed by atoms with van der Waals surface area (Å²) < 4.78 is 81.2. The number of nitro benzene ring substituents is 2. The zero-order chi connectivity index (χ0) is 36.0. The Labute approximate surface area is 276 Å². The molecule has 0 spiro atoms. The van der Waals surface area contributed by atoms with Crippen molar-refractivity contribution in [2.75, 3.05) is 13.2 Å². The van der Waals surface area contributed by atoms with Crippen molar-refractivity contribution in [3.8, 4) is 5.75 Å². The lowest BCUT2D eigenvalue weighted by molar-refractivity contribution is -0.394. The van der Waals surface area contributed by atoms with Crippen molar-refractivity contribution >= 4 is 29.4 Å². The monoisotopic (exact) mass is 694 g/mol. The molecule has 3 aromatic rings. The first-order valence-corrected chi connectivity index (χ1v) is 14.9. The van der Waals surface area contributed by atoms with Crippen LogP contribution >= 0.6 is 0 Å². The molecule has 262 valence electrons. The summed E-state index contributed by atoms with van der Waals surface area (Å²) in [5.41, 5.74) is -0.985. The van der Waals surface area contributed by atoms with Gasteiger partial charge in [0, 0.05) is 24.6 Å². The van der Waals surface area contributed by atoms with E-state index in [0.717, 1.165) is 36.4 Å². The van der Waals surface area contributed by atoms with Crippen LogP contribution in [0.4, 0.5) is 33.3 Å². The highest BCUT2D eigenvalue weighted by atomic mass is 19.4. The maximum absolute atomic E-state index is 14.7. The summed E-state index contributed by atoms with van der Waals surface area (Å²) in [7, 11) is 0. The van der Waals surface area contributed by atoms with Gasteiger partial charge in [-0.1, -0.05) is 24.3 Å². The minimum Gasteiger partial charge on any atom is -0.463 e. The minimum absolute atomic E-state index is 0.0290. The Balaban J connectivity index is 1.33.